The average Bonchev–Trinajstić information content (AvgIpc) is 2.99. The predicted molar refractivity (Wildman–Crippen MR) is 88.3 cm³/mol. The molecule has 5 nitrogen and oxygen atoms in total. The predicted octanol–water partition coefficient (Wildman–Crippen LogP) is 2.88. The van der Waals surface area contributed by atoms with Crippen LogP contribution in [0.25, 0.3) is 0 Å². The van der Waals surface area contributed by atoms with Gasteiger partial charge in [-0.05, 0) is 32.3 Å². The van der Waals surface area contributed by atoms with Crippen molar-refractivity contribution in [1.82, 2.24) is 0 Å². The summed E-state index contributed by atoms with van der Waals surface area (Å²) in [6.45, 7) is 3.74. The van der Waals surface area contributed by atoms with Gasteiger partial charge in [-0.15, -0.1) is 0 Å². The van der Waals surface area contributed by atoms with E-state index in [1.54, 1.807) is 13.8 Å². The summed E-state index contributed by atoms with van der Waals surface area (Å²) in [5.74, 6) is -3.15. The number of ketones is 1. The maximum Gasteiger partial charge on any atom is 0.320 e. The summed E-state index contributed by atoms with van der Waals surface area (Å²) in [5.41, 5.74) is 0.795. The van der Waals surface area contributed by atoms with Crippen molar-refractivity contribution < 1.29 is 23.9 Å². The first-order valence-corrected chi connectivity index (χ1v) is 8.51. The molecule has 1 aromatic carbocycles. The van der Waals surface area contributed by atoms with Crippen molar-refractivity contribution >= 4 is 17.7 Å². The van der Waals surface area contributed by atoms with Crippen molar-refractivity contribution in [1.29, 1.82) is 0 Å². The van der Waals surface area contributed by atoms with E-state index in [1.165, 1.54) is 0 Å². The molecule has 0 saturated heterocycles. The van der Waals surface area contributed by atoms with Crippen molar-refractivity contribution in [3.8, 4) is 0 Å². The summed E-state index contributed by atoms with van der Waals surface area (Å²) in [5, 5.41) is 0. The summed E-state index contributed by atoms with van der Waals surface area (Å²) >= 11 is 0. The number of ether oxygens (including phenoxy) is 2. The van der Waals surface area contributed by atoms with Gasteiger partial charge in [-0.3, -0.25) is 14.4 Å². The molecule has 0 amide bonds. The van der Waals surface area contributed by atoms with E-state index >= 15 is 0 Å². The molecule has 5 heteroatoms. The van der Waals surface area contributed by atoms with Crippen LogP contribution in [0.15, 0.2) is 30.3 Å². The van der Waals surface area contributed by atoms with E-state index in [0.717, 1.165) is 12.0 Å². The largest absolute Gasteiger partial charge is 0.465 e. The van der Waals surface area contributed by atoms with Crippen LogP contribution < -0.4 is 0 Å². The first kappa shape index (κ1) is 18.2. The van der Waals surface area contributed by atoms with Gasteiger partial charge in [0.15, 0.2) is 5.92 Å². The van der Waals surface area contributed by atoms with E-state index in [9.17, 15) is 14.4 Å². The van der Waals surface area contributed by atoms with Crippen LogP contribution in [-0.2, 0) is 23.9 Å². The summed E-state index contributed by atoms with van der Waals surface area (Å²) < 4.78 is 10.2. The summed E-state index contributed by atoms with van der Waals surface area (Å²) in [6, 6.07) is 9.24. The van der Waals surface area contributed by atoms with Crippen LogP contribution in [0.3, 0.4) is 0 Å². The van der Waals surface area contributed by atoms with Gasteiger partial charge in [-0.25, -0.2) is 0 Å². The van der Waals surface area contributed by atoms with Gasteiger partial charge in [-0.1, -0.05) is 30.3 Å². The topological polar surface area (TPSA) is 69.7 Å². The van der Waals surface area contributed by atoms with Gasteiger partial charge in [0.25, 0.3) is 0 Å². The van der Waals surface area contributed by atoms with Gasteiger partial charge >= 0.3 is 11.9 Å². The second-order valence-corrected chi connectivity index (χ2v) is 5.88. The minimum Gasteiger partial charge on any atom is -0.465 e. The van der Waals surface area contributed by atoms with E-state index in [2.05, 4.69) is 0 Å². The smallest absolute Gasteiger partial charge is 0.320 e. The molecule has 2 atom stereocenters. The van der Waals surface area contributed by atoms with Crippen LogP contribution in [0.4, 0.5) is 0 Å². The highest BCUT2D eigenvalue weighted by Crippen LogP contribution is 2.41. The lowest BCUT2D eigenvalue weighted by molar-refractivity contribution is -0.163. The third-order valence-electron chi connectivity index (χ3n) is 4.41. The van der Waals surface area contributed by atoms with Crippen molar-refractivity contribution in [2.45, 2.75) is 39.0 Å². The number of carbonyl (C=O) groups excluding carboxylic acids is 3. The summed E-state index contributed by atoms with van der Waals surface area (Å²) in [7, 11) is 0. The fourth-order valence-electron chi connectivity index (χ4n) is 3.41. The number of carbonyl (C=O) groups is 3. The standard InChI is InChI=1S/C19H24O5/c1-3-23-18(21)17(19(22)24-4-2)16(13-9-6-5-7-10-13)14-11-8-12-15(14)20/h5-7,9-10,14,16-17H,3-4,8,11-12H2,1-2H3/t14-,16+/m1/s1. The van der Waals surface area contributed by atoms with E-state index in [4.69, 9.17) is 9.47 Å². The molecule has 1 saturated carbocycles. The van der Waals surface area contributed by atoms with Crippen molar-refractivity contribution in [3.63, 3.8) is 0 Å². The zero-order valence-corrected chi connectivity index (χ0v) is 14.2. The Morgan fingerprint density at radius 3 is 2.12 bits per heavy atom. The molecule has 130 valence electrons. The molecule has 0 N–H and O–H groups in total. The van der Waals surface area contributed by atoms with E-state index in [1.807, 2.05) is 30.3 Å². The van der Waals surface area contributed by atoms with Gasteiger partial charge < -0.3 is 9.47 Å². The number of hydrogen-bond donors (Lipinski definition) is 0. The number of rotatable bonds is 7. The number of hydrogen-bond acceptors (Lipinski definition) is 5. The minimum atomic E-state index is -1.11. The van der Waals surface area contributed by atoms with Crippen molar-refractivity contribution in [2.75, 3.05) is 13.2 Å². The Kier molecular flexibility index (Phi) is 6.53. The molecule has 1 aliphatic carbocycles. The molecule has 0 radical (unpaired) electrons. The van der Waals surface area contributed by atoms with Gasteiger partial charge in [0.05, 0.1) is 13.2 Å². The summed E-state index contributed by atoms with van der Waals surface area (Å²) in [4.78, 5) is 37.4. The van der Waals surface area contributed by atoms with E-state index in [0.29, 0.717) is 12.8 Å². The first-order chi connectivity index (χ1) is 11.6. The molecule has 2 rings (SSSR count). The van der Waals surface area contributed by atoms with Crippen molar-refractivity contribution in [2.24, 2.45) is 11.8 Å². The Morgan fingerprint density at radius 2 is 1.67 bits per heavy atom. The highest BCUT2D eigenvalue weighted by atomic mass is 16.6. The third kappa shape index (κ3) is 4.02. The zero-order chi connectivity index (χ0) is 17.5. The third-order valence-corrected chi connectivity index (χ3v) is 4.41. The molecule has 0 unspecified atom stereocenters. The van der Waals surface area contributed by atoms with Gasteiger partial charge in [-0.2, -0.15) is 0 Å². The number of esters is 2. The Bertz CT molecular complexity index is 563. The Balaban J connectivity index is 2.45. The van der Waals surface area contributed by atoms with Crippen LogP contribution in [0, 0.1) is 11.8 Å². The molecule has 1 aliphatic rings. The van der Waals surface area contributed by atoms with Crippen LogP contribution in [0.1, 0.15) is 44.6 Å². The monoisotopic (exact) mass is 332 g/mol. The normalized spacial score (nSPS) is 18.5. The molecular weight excluding hydrogens is 308 g/mol. The Labute approximate surface area is 142 Å². The SMILES string of the molecule is CCOC(=O)C(C(=O)OCC)[C@@H](c1ccccc1)[C@@H]1CCCC1=O. The molecule has 0 aliphatic heterocycles. The zero-order valence-electron chi connectivity index (χ0n) is 14.2. The first-order valence-electron chi connectivity index (χ1n) is 8.51. The van der Waals surface area contributed by atoms with Gasteiger partial charge in [0.2, 0.25) is 0 Å². The fraction of sp³-hybridized carbons (Fsp3) is 0.526. The lowest BCUT2D eigenvalue weighted by atomic mass is 9.75. The molecule has 0 aromatic heterocycles. The molecule has 0 spiro atoms. The maximum absolute atomic E-state index is 12.5. The number of benzene rings is 1. The van der Waals surface area contributed by atoms with Crippen LogP contribution in [0.2, 0.25) is 0 Å². The van der Waals surface area contributed by atoms with Crippen LogP contribution >= 0.6 is 0 Å². The molecule has 0 heterocycles. The molecule has 1 aromatic rings. The highest BCUT2D eigenvalue weighted by Gasteiger charge is 2.45. The molecule has 24 heavy (non-hydrogen) atoms. The lowest BCUT2D eigenvalue weighted by Crippen LogP contribution is -2.37. The lowest BCUT2D eigenvalue weighted by Gasteiger charge is -2.28. The molecule has 1 fully saturated rings. The second-order valence-electron chi connectivity index (χ2n) is 5.88. The van der Waals surface area contributed by atoms with Crippen LogP contribution in [-0.4, -0.2) is 30.9 Å². The Hall–Kier alpha value is -2.17. The summed E-state index contributed by atoms with van der Waals surface area (Å²) in [6.07, 6.45) is 1.95. The molecule has 0 bridgehead atoms. The van der Waals surface area contributed by atoms with E-state index < -0.39 is 23.8 Å². The number of Topliss-reactive ketones (excluding diaryl/α,β-unsaturated/α-hetero) is 1. The quantitative estimate of drug-likeness (QED) is 0.567. The van der Waals surface area contributed by atoms with Crippen LogP contribution in [0.5, 0.6) is 0 Å². The highest BCUT2D eigenvalue weighted by molar-refractivity contribution is 5.97. The van der Waals surface area contributed by atoms with E-state index in [-0.39, 0.29) is 24.9 Å². The fourth-order valence-corrected chi connectivity index (χ4v) is 3.41. The average molecular weight is 332 g/mol. The van der Waals surface area contributed by atoms with Crippen molar-refractivity contribution in [3.05, 3.63) is 35.9 Å². The Morgan fingerprint density at radius 1 is 1.08 bits per heavy atom. The van der Waals surface area contributed by atoms with Gasteiger partial charge in [0, 0.05) is 18.3 Å². The van der Waals surface area contributed by atoms with Gasteiger partial charge in [0.1, 0.15) is 5.78 Å². The molecular formula is C19H24O5. The maximum atomic E-state index is 12.5. The second kappa shape index (κ2) is 8.62. The minimum absolute atomic E-state index is 0.0995.